The molecule has 18 heavy (non-hydrogen) atoms. The van der Waals surface area contributed by atoms with E-state index < -0.39 is 15.7 Å². The van der Waals surface area contributed by atoms with Crippen molar-refractivity contribution >= 4 is 15.9 Å². The van der Waals surface area contributed by atoms with E-state index in [9.17, 15) is 4.79 Å². The van der Waals surface area contributed by atoms with Gasteiger partial charge in [-0.25, -0.2) is 4.79 Å². The maximum Gasteiger partial charge on any atom is 0.339 e. The molecule has 0 amide bonds. The molecule has 0 saturated heterocycles. The van der Waals surface area contributed by atoms with Crippen LogP contribution >= 0.6 is 15.9 Å². The average Bonchev–Trinajstić information content (AvgIpc) is 2.34. The zero-order chi connectivity index (χ0) is 13.6. The minimum absolute atomic E-state index is 0.258. The number of methoxy groups -OCH3 is 2. The van der Waals surface area contributed by atoms with Gasteiger partial charge in [-0.2, -0.15) is 0 Å². The molecule has 5 nitrogen and oxygen atoms in total. The van der Waals surface area contributed by atoms with Crippen LogP contribution in [0.25, 0.3) is 0 Å². The van der Waals surface area contributed by atoms with Gasteiger partial charge in [-0.05, 0) is 13.8 Å². The molecule has 0 saturated carbocycles. The van der Waals surface area contributed by atoms with Gasteiger partial charge in [0.15, 0.2) is 5.79 Å². The summed E-state index contributed by atoms with van der Waals surface area (Å²) in [7, 11) is 3.05. The van der Waals surface area contributed by atoms with Crippen molar-refractivity contribution in [1.29, 1.82) is 0 Å². The Morgan fingerprint density at radius 3 is 2.61 bits per heavy atom. The van der Waals surface area contributed by atoms with E-state index in [1.165, 1.54) is 13.2 Å². The summed E-state index contributed by atoms with van der Waals surface area (Å²) in [4.78, 5) is 11.6. The summed E-state index contributed by atoms with van der Waals surface area (Å²) in [6.07, 6.45) is 0. The van der Waals surface area contributed by atoms with Crippen molar-refractivity contribution in [2.75, 3.05) is 14.2 Å². The molecule has 1 aliphatic heterocycles. The molecule has 0 fully saturated rings. The fourth-order valence-electron chi connectivity index (χ4n) is 2.00. The number of alkyl halides is 1. The van der Waals surface area contributed by atoms with E-state index in [2.05, 4.69) is 15.9 Å². The van der Waals surface area contributed by atoms with Gasteiger partial charge in [0.05, 0.1) is 25.3 Å². The highest BCUT2D eigenvalue weighted by Crippen LogP contribution is 2.50. The van der Waals surface area contributed by atoms with Crippen molar-refractivity contribution in [2.24, 2.45) is 0 Å². The molecule has 2 atom stereocenters. The van der Waals surface area contributed by atoms with Gasteiger partial charge in [0.25, 0.3) is 0 Å². The van der Waals surface area contributed by atoms with Crippen molar-refractivity contribution in [3.63, 3.8) is 0 Å². The Morgan fingerprint density at radius 1 is 1.39 bits per heavy atom. The Bertz CT molecular complexity index is 522. The van der Waals surface area contributed by atoms with Crippen LogP contribution in [0.2, 0.25) is 0 Å². The predicted octanol–water partition coefficient (Wildman–Crippen LogP) is 2.15. The Balaban J connectivity index is 2.68. The van der Waals surface area contributed by atoms with Crippen molar-refractivity contribution in [3.05, 3.63) is 27.8 Å². The summed E-state index contributed by atoms with van der Waals surface area (Å²) in [5.74, 6) is 0.00926. The lowest BCUT2D eigenvalue weighted by molar-refractivity contribution is -0.247. The molecule has 0 N–H and O–H groups in total. The third kappa shape index (κ3) is 1.79. The van der Waals surface area contributed by atoms with E-state index in [0.29, 0.717) is 17.1 Å². The first-order chi connectivity index (χ1) is 8.35. The van der Waals surface area contributed by atoms with Crippen LogP contribution in [0.3, 0.4) is 0 Å². The molecule has 2 heterocycles. The maximum absolute atomic E-state index is 11.6. The summed E-state index contributed by atoms with van der Waals surface area (Å²) in [6, 6.07) is 1.31. The van der Waals surface area contributed by atoms with Crippen molar-refractivity contribution in [2.45, 2.75) is 30.6 Å². The van der Waals surface area contributed by atoms with E-state index in [1.807, 2.05) is 6.92 Å². The highest BCUT2D eigenvalue weighted by Gasteiger charge is 2.53. The van der Waals surface area contributed by atoms with E-state index >= 15 is 0 Å². The molecule has 2 rings (SSSR count). The topological polar surface area (TPSA) is 57.9 Å². The normalized spacial score (nSPS) is 30.9. The van der Waals surface area contributed by atoms with Crippen LogP contribution in [0.5, 0.6) is 5.75 Å². The second-order valence-corrected chi connectivity index (χ2v) is 5.97. The predicted molar refractivity (Wildman–Crippen MR) is 68.0 cm³/mol. The third-order valence-electron chi connectivity index (χ3n) is 3.40. The Kier molecular flexibility index (Phi) is 3.29. The quantitative estimate of drug-likeness (QED) is 0.782. The molecular weight excluding hydrogens is 304 g/mol. The number of rotatable bonds is 2. The zero-order valence-corrected chi connectivity index (χ0v) is 12.3. The number of hydrogen-bond donors (Lipinski definition) is 0. The first kappa shape index (κ1) is 13.6. The lowest BCUT2D eigenvalue weighted by Crippen LogP contribution is -2.50. The summed E-state index contributed by atoms with van der Waals surface area (Å²) < 4.78 is 20.8. The SMILES string of the molecule is COc1cc(=O)oc2c1CO[C@@](C)(OC)[C@@]2(C)Br. The molecular formula is C12H15BrO5. The van der Waals surface area contributed by atoms with Crippen LogP contribution < -0.4 is 10.4 Å². The molecule has 1 aromatic rings. The highest BCUT2D eigenvalue weighted by molar-refractivity contribution is 9.09. The second-order valence-electron chi connectivity index (χ2n) is 4.38. The third-order valence-corrected chi connectivity index (χ3v) is 4.48. The Morgan fingerprint density at radius 2 is 2.06 bits per heavy atom. The molecule has 0 unspecified atom stereocenters. The van der Waals surface area contributed by atoms with Gasteiger partial charge in [0.2, 0.25) is 0 Å². The lowest BCUT2D eigenvalue weighted by Gasteiger charge is -2.44. The zero-order valence-electron chi connectivity index (χ0n) is 10.7. The van der Waals surface area contributed by atoms with Crippen LogP contribution in [-0.4, -0.2) is 20.0 Å². The fraction of sp³-hybridized carbons (Fsp3) is 0.583. The van der Waals surface area contributed by atoms with Crippen LogP contribution in [0.15, 0.2) is 15.3 Å². The van der Waals surface area contributed by atoms with Gasteiger partial charge in [-0.3, -0.25) is 0 Å². The lowest BCUT2D eigenvalue weighted by atomic mass is 9.92. The summed E-state index contributed by atoms with van der Waals surface area (Å²) in [6.45, 7) is 3.87. The molecule has 0 radical (unpaired) electrons. The minimum atomic E-state index is -0.928. The first-order valence-electron chi connectivity index (χ1n) is 5.45. The van der Waals surface area contributed by atoms with Gasteiger partial charge in [0.1, 0.15) is 15.8 Å². The summed E-state index contributed by atoms with van der Waals surface area (Å²) in [5, 5.41) is 0. The number of ether oxygens (including phenoxy) is 3. The van der Waals surface area contributed by atoms with Crippen molar-refractivity contribution < 1.29 is 18.6 Å². The highest BCUT2D eigenvalue weighted by atomic mass is 79.9. The molecule has 100 valence electrons. The Hall–Kier alpha value is -0.850. The van der Waals surface area contributed by atoms with Gasteiger partial charge in [-0.1, -0.05) is 15.9 Å². The first-order valence-corrected chi connectivity index (χ1v) is 6.24. The maximum atomic E-state index is 11.6. The minimum Gasteiger partial charge on any atom is -0.496 e. The molecule has 6 heteroatoms. The Labute approximate surface area is 113 Å². The van der Waals surface area contributed by atoms with E-state index in [4.69, 9.17) is 18.6 Å². The van der Waals surface area contributed by atoms with E-state index in [1.54, 1.807) is 14.0 Å². The largest absolute Gasteiger partial charge is 0.496 e. The van der Waals surface area contributed by atoms with Gasteiger partial charge < -0.3 is 18.6 Å². The standard InChI is InChI=1S/C12H15BrO5/c1-11(13)10-7(6-17-12(11,2)16-4)8(15-3)5-9(14)18-10/h5H,6H2,1-4H3/t11-,12+/m0/s1. The van der Waals surface area contributed by atoms with E-state index in [-0.39, 0.29) is 6.61 Å². The number of halogens is 1. The summed E-state index contributed by atoms with van der Waals surface area (Å²) in [5.41, 5.74) is 0.252. The van der Waals surface area contributed by atoms with Gasteiger partial charge >= 0.3 is 5.63 Å². The van der Waals surface area contributed by atoms with Gasteiger partial charge in [0, 0.05) is 7.11 Å². The van der Waals surface area contributed by atoms with Crippen LogP contribution in [0.4, 0.5) is 0 Å². The molecule has 0 spiro atoms. The average molecular weight is 319 g/mol. The number of hydrogen-bond acceptors (Lipinski definition) is 5. The van der Waals surface area contributed by atoms with Crippen LogP contribution in [0, 0.1) is 0 Å². The van der Waals surface area contributed by atoms with Crippen LogP contribution in [0.1, 0.15) is 25.2 Å². The number of fused-ring (bicyclic) bond motifs is 1. The van der Waals surface area contributed by atoms with Gasteiger partial charge in [-0.15, -0.1) is 0 Å². The van der Waals surface area contributed by atoms with Crippen LogP contribution in [-0.2, 0) is 20.4 Å². The molecule has 1 aliphatic rings. The second kappa shape index (κ2) is 4.36. The summed E-state index contributed by atoms with van der Waals surface area (Å²) >= 11 is 3.53. The fourth-order valence-corrected chi connectivity index (χ4v) is 2.59. The molecule has 1 aromatic heterocycles. The van der Waals surface area contributed by atoms with E-state index in [0.717, 1.165) is 0 Å². The molecule has 0 bridgehead atoms. The van der Waals surface area contributed by atoms with Crippen molar-refractivity contribution in [3.8, 4) is 5.75 Å². The molecule has 0 aliphatic carbocycles. The monoisotopic (exact) mass is 318 g/mol. The molecule has 0 aromatic carbocycles. The smallest absolute Gasteiger partial charge is 0.339 e. The van der Waals surface area contributed by atoms with Crippen molar-refractivity contribution in [1.82, 2.24) is 0 Å².